The van der Waals surface area contributed by atoms with E-state index in [2.05, 4.69) is 9.97 Å². The third-order valence-corrected chi connectivity index (χ3v) is 4.11. The Morgan fingerprint density at radius 1 is 1.28 bits per heavy atom. The fraction of sp³-hybridized carbons (Fsp3) is 0.643. The number of rotatable bonds is 2. The highest BCUT2D eigenvalue weighted by molar-refractivity contribution is 5.80. The number of aromatic nitrogens is 2. The van der Waals surface area contributed by atoms with E-state index in [1.807, 2.05) is 18.0 Å². The molecule has 1 aliphatic heterocycles. The Morgan fingerprint density at radius 3 is 2.78 bits per heavy atom. The van der Waals surface area contributed by atoms with E-state index in [9.17, 15) is 4.79 Å². The average molecular weight is 245 g/mol. The van der Waals surface area contributed by atoms with E-state index >= 15 is 0 Å². The van der Waals surface area contributed by atoms with Crippen LogP contribution in [0.5, 0.6) is 0 Å². The predicted octanol–water partition coefficient (Wildman–Crippen LogP) is 2.25. The summed E-state index contributed by atoms with van der Waals surface area (Å²) >= 11 is 0. The first-order valence-corrected chi connectivity index (χ1v) is 6.85. The molecule has 1 atom stereocenters. The zero-order valence-electron chi connectivity index (χ0n) is 10.8. The molecule has 1 amide bonds. The lowest BCUT2D eigenvalue weighted by Gasteiger charge is -2.32. The van der Waals surface area contributed by atoms with Gasteiger partial charge in [0.15, 0.2) is 0 Å². The summed E-state index contributed by atoms with van der Waals surface area (Å²) in [5.41, 5.74) is 1.88. The minimum absolute atomic E-state index is 0.158. The van der Waals surface area contributed by atoms with E-state index in [1.54, 1.807) is 6.20 Å². The summed E-state index contributed by atoms with van der Waals surface area (Å²) < 4.78 is 0. The highest BCUT2D eigenvalue weighted by Crippen LogP contribution is 2.36. The van der Waals surface area contributed by atoms with Crippen molar-refractivity contribution in [1.29, 1.82) is 0 Å². The highest BCUT2D eigenvalue weighted by atomic mass is 16.2. The molecule has 4 heteroatoms. The van der Waals surface area contributed by atoms with Crippen molar-refractivity contribution < 1.29 is 4.79 Å². The van der Waals surface area contributed by atoms with E-state index in [0.29, 0.717) is 5.91 Å². The predicted molar refractivity (Wildman–Crippen MR) is 67.8 cm³/mol. The number of likely N-dealkylation sites (tertiary alicyclic amines) is 1. The van der Waals surface area contributed by atoms with Crippen LogP contribution in [0.15, 0.2) is 12.4 Å². The van der Waals surface area contributed by atoms with Gasteiger partial charge in [0, 0.05) is 18.7 Å². The Balaban J connectivity index is 1.80. The van der Waals surface area contributed by atoms with E-state index in [-0.39, 0.29) is 12.0 Å². The van der Waals surface area contributed by atoms with E-state index in [0.717, 1.165) is 43.6 Å². The van der Waals surface area contributed by atoms with Crippen LogP contribution in [0.1, 0.15) is 49.5 Å². The second kappa shape index (κ2) is 4.67. The first-order chi connectivity index (χ1) is 8.75. The maximum absolute atomic E-state index is 12.4. The monoisotopic (exact) mass is 245 g/mol. The van der Waals surface area contributed by atoms with Gasteiger partial charge in [-0.3, -0.25) is 14.8 Å². The second-order valence-corrected chi connectivity index (χ2v) is 5.40. The second-order valence-electron chi connectivity index (χ2n) is 5.40. The molecule has 2 heterocycles. The van der Waals surface area contributed by atoms with Crippen molar-refractivity contribution in [3.8, 4) is 0 Å². The Morgan fingerprint density at radius 2 is 2.11 bits per heavy atom. The molecule has 0 radical (unpaired) electrons. The lowest BCUT2D eigenvalue weighted by Crippen LogP contribution is -2.38. The molecule has 0 bridgehead atoms. The number of nitrogens with zero attached hydrogens (tertiary/aromatic N) is 3. The Bertz CT molecular complexity index is 456. The lowest BCUT2D eigenvalue weighted by molar-refractivity contribution is -0.139. The molecule has 2 fully saturated rings. The van der Waals surface area contributed by atoms with Gasteiger partial charge in [0.2, 0.25) is 5.91 Å². The molecule has 1 saturated carbocycles. The third-order valence-electron chi connectivity index (χ3n) is 4.11. The van der Waals surface area contributed by atoms with Crippen LogP contribution in [0.2, 0.25) is 0 Å². The van der Waals surface area contributed by atoms with Crippen molar-refractivity contribution in [3.05, 3.63) is 23.8 Å². The minimum atomic E-state index is 0.158. The summed E-state index contributed by atoms with van der Waals surface area (Å²) in [4.78, 5) is 23.1. The first-order valence-electron chi connectivity index (χ1n) is 6.85. The van der Waals surface area contributed by atoms with Gasteiger partial charge in [-0.15, -0.1) is 0 Å². The van der Waals surface area contributed by atoms with Crippen LogP contribution in [0.25, 0.3) is 0 Å². The number of aryl methyl sites for hydroxylation is 1. The first kappa shape index (κ1) is 11.6. The Labute approximate surface area is 107 Å². The van der Waals surface area contributed by atoms with Crippen molar-refractivity contribution in [3.63, 3.8) is 0 Å². The van der Waals surface area contributed by atoms with Crippen molar-refractivity contribution in [2.24, 2.45) is 5.92 Å². The van der Waals surface area contributed by atoms with Gasteiger partial charge in [-0.1, -0.05) is 6.42 Å². The van der Waals surface area contributed by atoms with Crippen LogP contribution in [0.3, 0.4) is 0 Å². The standard InChI is InChI=1S/C14H19N3O/c1-10-8-15-9-12(16-10)13-6-3-7-17(13)14(18)11-4-2-5-11/h8-9,11,13H,2-7H2,1H3/t13-/m1/s1. The number of carbonyl (C=O) groups excluding carboxylic acids is 1. The molecule has 0 N–H and O–H groups in total. The van der Waals surface area contributed by atoms with Crippen molar-refractivity contribution in [2.45, 2.75) is 45.1 Å². The van der Waals surface area contributed by atoms with Crippen molar-refractivity contribution in [1.82, 2.24) is 14.9 Å². The molecule has 4 nitrogen and oxygen atoms in total. The minimum Gasteiger partial charge on any atom is -0.334 e. The van der Waals surface area contributed by atoms with Gasteiger partial charge < -0.3 is 4.90 Å². The van der Waals surface area contributed by atoms with Gasteiger partial charge in [-0.05, 0) is 32.6 Å². The van der Waals surface area contributed by atoms with Gasteiger partial charge in [0.1, 0.15) is 0 Å². The molecule has 18 heavy (non-hydrogen) atoms. The summed E-state index contributed by atoms with van der Waals surface area (Å²) in [7, 11) is 0. The summed E-state index contributed by atoms with van der Waals surface area (Å²) in [6.07, 6.45) is 9.03. The van der Waals surface area contributed by atoms with Crippen molar-refractivity contribution >= 4 is 5.91 Å². The average Bonchev–Trinajstić information content (AvgIpc) is 2.75. The molecule has 96 valence electrons. The van der Waals surface area contributed by atoms with E-state index in [4.69, 9.17) is 0 Å². The van der Waals surface area contributed by atoms with Crippen LogP contribution < -0.4 is 0 Å². The summed E-state index contributed by atoms with van der Waals surface area (Å²) in [6, 6.07) is 0.158. The molecule has 1 aliphatic carbocycles. The zero-order chi connectivity index (χ0) is 12.5. The molecule has 3 rings (SSSR count). The third kappa shape index (κ3) is 2.00. The van der Waals surface area contributed by atoms with Crippen LogP contribution >= 0.6 is 0 Å². The fourth-order valence-electron chi connectivity index (χ4n) is 2.87. The molecule has 2 aliphatic rings. The lowest BCUT2D eigenvalue weighted by atomic mass is 9.84. The smallest absolute Gasteiger partial charge is 0.226 e. The van der Waals surface area contributed by atoms with Crippen LogP contribution in [-0.2, 0) is 4.79 Å². The quantitative estimate of drug-likeness (QED) is 0.802. The molecule has 1 saturated heterocycles. The van der Waals surface area contributed by atoms with Gasteiger partial charge >= 0.3 is 0 Å². The molecule has 1 aromatic rings. The number of hydrogen-bond donors (Lipinski definition) is 0. The molecule has 1 aromatic heterocycles. The molecule has 0 unspecified atom stereocenters. The SMILES string of the molecule is Cc1cncc([C@H]2CCCN2C(=O)C2CCC2)n1. The fourth-order valence-corrected chi connectivity index (χ4v) is 2.87. The van der Waals surface area contributed by atoms with Gasteiger partial charge in [-0.25, -0.2) is 0 Å². The van der Waals surface area contributed by atoms with Crippen molar-refractivity contribution in [2.75, 3.05) is 6.54 Å². The van der Waals surface area contributed by atoms with Crippen LogP contribution in [0, 0.1) is 12.8 Å². The highest BCUT2D eigenvalue weighted by Gasteiger charge is 2.36. The summed E-state index contributed by atoms with van der Waals surface area (Å²) in [5, 5.41) is 0. The maximum Gasteiger partial charge on any atom is 0.226 e. The summed E-state index contributed by atoms with van der Waals surface area (Å²) in [5.74, 6) is 0.621. The van der Waals surface area contributed by atoms with Crippen LogP contribution in [-0.4, -0.2) is 27.3 Å². The summed E-state index contributed by atoms with van der Waals surface area (Å²) in [6.45, 7) is 2.83. The Kier molecular flexibility index (Phi) is 3.02. The van der Waals surface area contributed by atoms with Crippen LogP contribution in [0.4, 0.5) is 0 Å². The topological polar surface area (TPSA) is 46.1 Å². The molecular weight excluding hydrogens is 226 g/mol. The van der Waals surface area contributed by atoms with E-state index in [1.165, 1.54) is 6.42 Å². The Hall–Kier alpha value is -1.45. The van der Waals surface area contributed by atoms with Gasteiger partial charge in [-0.2, -0.15) is 0 Å². The number of carbonyl (C=O) groups is 1. The molecule has 0 spiro atoms. The number of amides is 1. The normalized spacial score (nSPS) is 24.1. The van der Waals surface area contributed by atoms with E-state index < -0.39 is 0 Å². The number of hydrogen-bond acceptors (Lipinski definition) is 3. The van der Waals surface area contributed by atoms with Gasteiger partial charge in [0.05, 0.1) is 23.6 Å². The largest absolute Gasteiger partial charge is 0.334 e. The maximum atomic E-state index is 12.4. The zero-order valence-corrected chi connectivity index (χ0v) is 10.8. The molecule has 0 aromatic carbocycles. The molecular formula is C14H19N3O. The van der Waals surface area contributed by atoms with Gasteiger partial charge in [0.25, 0.3) is 0 Å².